The maximum atomic E-state index is 13.0. The first-order chi connectivity index (χ1) is 14.6. The van der Waals surface area contributed by atoms with Crippen LogP contribution in [0.5, 0.6) is 11.5 Å². The molecule has 0 aliphatic heterocycles. The number of carbonyl (C=O) groups excluding carboxylic acids is 2. The van der Waals surface area contributed by atoms with Gasteiger partial charge in [-0.05, 0) is 41.8 Å². The van der Waals surface area contributed by atoms with Crippen molar-refractivity contribution >= 4 is 11.7 Å². The Kier molecular flexibility index (Phi) is 7.22. The molecule has 1 N–H and O–H groups in total. The topological polar surface area (TPSA) is 64.6 Å². The first-order valence-electron chi connectivity index (χ1n) is 9.77. The normalized spacial score (nSPS) is 10.3. The number of nitrogens with one attached hydrogen (secondary N) is 1. The van der Waals surface area contributed by atoms with Crippen molar-refractivity contribution in [3.63, 3.8) is 0 Å². The number of methoxy groups -OCH3 is 2. The fraction of sp³-hybridized carbons (Fsp3) is 0.200. The number of rotatable bonds is 9. The number of hydrogen-bond acceptors (Lipinski definition) is 4. The molecule has 0 aliphatic rings. The summed E-state index contributed by atoms with van der Waals surface area (Å²) in [6.45, 7) is 0.398. The second-order valence-corrected chi connectivity index (χ2v) is 6.82. The summed E-state index contributed by atoms with van der Waals surface area (Å²) in [6, 6.07) is 22.2. The van der Waals surface area contributed by atoms with E-state index in [1.807, 2.05) is 54.6 Å². The van der Waals surface area contributed by atoms with Gasteiger partial charge in [-0.1, -0.05) is 48.5 Å². The van der Waals surface area contributed by atoms with Crippen LogP contribution in [0.4, 0.5) is 0 Å². The van der Waals surface area contributed by atoms with E-state index in [2.05, 4.69) is 5.32 Å². The molecule has 154 valence electrons. The maximum absolute atomic E-state index is 13.0. The molecule has 0 atom stereocenters. The van der Waals surface area contributed by atoms with Crippen LogP contribution in [0.15, 0.2) is 72.8 Å². The van der Waals surface area contributed by atoms with Crippen LogP contribution in [0.3, 0.4) is 0 Å². The fourth-order valence-corrected chi connectivity index (χ4v) is 3.27. The quantitative estimate of drug-likeness (QED) is 0.546. The molecule has 0 bridgehead atoms. The highest BCUT2D eigenvalue weighted by Crippen LogP contribution is 2.31. The number of ketones is 1. The summed E-state index contributed by atoms with van der Waals surface area (Å²) in [5.41, 5.74) is 2.93. The van der Waals surface area contributed by atoms with E-state index in [-0.39, 0.29) is 11.7 Å². The van der Waals surface area contributed by atoms with Gasteiger partial charge in [0.1, 0.15) is 0 Å². The van der Waals surface area contributed by atoms with Crippen molar-refractivity contribution in [1.29, 1.82) is 0 Å². The number of ether oxygens (including phenoxy) is 2. The van der Waals surface area contributed by atoms with Crippen LogP contribution in [-0.4, -0.2) is 32.5 Å². The fourth-order valence-electron chi connectivity index (χ4n) is 3.27. The minimum absolute atomic E-state index is 0.00783. The number of hydrogen-bond donors (Lipinski definition) is 1. The molecular weight excluding hydrogens is 378 g/mol. The van der Waals surface area contributed by atoms with Crippen molar-refractivity contribution in [2.75, 3.05) is 20.8 Å². The Bertz CT molecular complexity index is 1000. The zero-order valence-corrected chi connectivity index (χ0v) is 17.2. The molecule has 0 saturated heterocycles. The first-order valence-corrected chi connectivity index (χ1v) is 9.77. The Labute approximate surface area is 176 Å². The molecule has 0 aromatic heterocycles. The minimum Gasteiger partial charge on any atom is -0.493 e. The van der Waals surface area contributed by atoms with Gasteiger partial charge in [-0.2, -0.15) is 0 Å². The van der Waals surface area contributed by atoms with Crippen LogP contribution in [0, 0.1) is 0 Å². The summed E-state index contributed by atoms with van der Waals surface area (Å²) in [6.07, 6.45) is 0.786. The number of carbonyl (C=O) groups is 2. The predicted molar refractivity (Wildman–Crippen MR) is 117 cm³/mol. The van der Waals surface area contributed by atoms with Gasteiger partial charge in [0.25, 0.3) is 5.91 Å². The molecule has 0 aliphatic carbocycles. The average molecular weight is 403 g/mol. The highest BCUT2D eigenvalue weighted by atomic mass is 16.5. The molecule has 3 aromatic rings. The van der Waals surface area contributed by atoms with Gasteiger partial charge in [0.15, 0.2) is 17.3 Å². The highest BCUT2D eigenvalue weighted by molar-refractivity contribution is 5.99. The largest absolute Gasteiger partial charge is 0.493 e. The smallest absolute Gasteiger partial charge is 0.251 e. The number of amides is 1. The molecule has 3 aromatic carbocycles. The van der Waals surface area contributed by atoms with Crippen LogP contribution in [0.2, 0.25) is 0 Å². The Hall–Kier alpha value is -3.60. The molecule has 0 spiro atoms. The molecule has 5 nitrogen and oxygen atoms in total. The monoisotopic (exact) mass is 403 g/mol. The first kappa shape index (κ1) is 21.1. The van der Waals surface area contributed by atoms with E-state index in [4.69, 9.17) is 9.47 Å². The standard InChI is InChI=1S/C25H25NO4/c1-29-23-16-20(13-14-26-25(28)19-11-7-4-8-12-19)21(17-24(23)30-2)22(27)15-18-9-5-3-6-10-18/h3-12,16-17H,13-15H2,1-2H3,(H,26,28). The van der Waals surface area contributed by atoms with Crippen molar-refractivity contribution in [2.24, 2.45) is 0 Å². The van der Waals surface area contributed by atoms with Crippen molar-refractivity contribution in [2.45, 2.75) is 12.8 Å². The van der Waals surface area contributed by atoms with E-state index >= 15 is 0 Å². The molecule has 30 heavy (non-hydrogen) atoms. The van der Waals surface area contributed by atoms with E-state index in [1.54, 1.807) is 32.4 Å². The van der Waals surface area contributed by atoms with Crippen LogP contribution >= 0.6 is 0 Å². The van der Waals surface area contributed by atoms with Gasteiger partial charge in [-0.15, -0.1) is 0 Å². The Morgan fingerprint density at radius 3 is 2.07 bits per heavy atom. The minimum atomic E-state index is -0.145. The summed E-state index contributed by atoms with van der Waals surface area (Å²) in [4.78, 5) is 25.3. The van der Waals surface area contributed by atoms with Crippen molar-refractivity contribution in [1.82, 2.24) is 5.32 Å². The third kappa shape index (κ3) is 5.26. The molecule has 1 amide bonds. The third-order valence-electron chi connectivity index (χ3n) is 4.83. The lowest BCUT2D eigenvalue weighted by Gasteiger charge is -2.15. The molecule has 0 unspecified atom stereocenters. The zero-order valence-electron chi connectivity index (χ0n) is 17.2. The van der Waals surface area contributed by atoms with Crippen LogP contribution in [0.25, 0.3) is 0 Å². The van der Waals surface area contributed by atoms with Gasteiger partial charge >= 0.3 is 0 Å². The van der Waals surface area contributed by atoms with E-state index in [9.17, 15) is 9.59 Å². The summed E-state index contributed by atoms with van der Waals surface area (Å²) in [7, 11) is 3.10. The summed E-state index contributed by atoms with van der Waals surface area (Å²) >= 11 is 0. The summed E-state index contributed by atoms with van der Waals surface area (Å²) in [5.74, 6) is 0.906. The third-order valence-corrected chi connectivity index (χ3v) is 4.83. The van der Waals surface area contributed by atoms with Crippen LogP contribution in [-0.2, 0) is 12.8 Å². The van der Waals surface area contributed by atoms with E-state index < -0.39 is 0 Å². The molecule has 0 heterocycles. The summed E-state index contributed by atoms with van der Waals surface area (Å²) in [5, 5.41) is 2.91. The Morgan fingerprint density at radius 2 is 1.43 bits per heavy atom. The molecule has 0 radical (unpaired) electrons. The number of Topliss-reactive ketones (excluding diaryl/α,β-unsaturated/α-hetero) is 1. The van der Waals surface area contributed by atoms with Gasteiger partial charge in [0.05, 0.1) is 14.2 Å². The molecule has 0 saturated carbocycles. The average Bonchev–Trinajstić information content (AvgIpc) is 2.79. The predicted octanol–water partition coefficient (Wildman–Crippen LogP) is 4.10. The SMILES string of the molecule is COc1cc(CCNC(=O)c2ccccc2)c(C(=O)Cc2ccccc2)cc1OC. The molecule has 5 heteroatoms. The Morgan fingerprint density at radius 1 is 0.833 bits per heavy atom. The van der Waals surface area contributed by atoms with E-state index in [1.165, 1.54) is 0 Å². The maximum Gasteiger partial charge on any atom is 0.251 e. The van der Waals surface area contributed by atoms with Crippen molar-refractivity contribution < 1.29 is 19.1 Å². The van der Waals surface area contributed by atoms with Crippen LogP contribution < -0.4 is 14.8 Å². The highest BCUT2D eigenvalue weighted by Gasteiger charge is 2.17. The molecular formula is C25H25NO4. The molecule has 3 rings (SSSR count). The van der Waals surface area contributed by atoms with Crippen LogP contribution in [0.1, 0.15) is 31.8 Å². The second-order valence-electron chi connectivity index (χ2n) is 6.82. The van der Waals surface area contributed by atoms with Gasteiger partial charge < -0.3 is 14.8 Å². The zero-order chi connectivity index (χ0) is 21.3. The van der Waals surface area contributed by atoms with Gasteiger partial charge in [0, 0.05) is 24.1 Å². The lowest BCUT2D eigenvalue weighted by atomic mass is 9.96. The van der Waals surface area contributed by atoms with Gasteiger partial charge in [-0.25, -0.2) is 0 Å². The second kappa shape index (κ2) is 10.3. The van der Waals surface area contributed by atoms with E-state index in [0.717, 1.165) is 11.1 Å². The van der Waals surface area contributed by atoms with Crippen molar-refractivity contribution in [3.8, 4) is 11.5 Å². The summed E-state index contributed by atoms with van der Waals surface area (Å²) < 4.78 is 10.8. The lowest BCUT2D eigenvalue weighted by molar-refractivity contribution is 0.0953. The lowest BCUT2D eigenvalue weighted by Crippen LogP contribution is -2.26. The van der Waals surface area contributed by atoms with Gasteiger partial charge in [0.2, 0.25) is 0 Å². The van der Waals surface area contributed by atoms with E-state index in [0.29, 0.717) is 42.0 Å². The van der Waals surface area contributed by atoms with Gasteiger partial charge in [-0.3, -0.25) is 9.59 Å². The Balaban J connectivity index is 1.79. The molecule has 0 fully saturated rings. The number of benzene rings is 3. The van der Waals surface area contributed by atoms with Crippen molar-refractivity contribution in [3.05, 3.63) is 95.1 Å².